The van der Waals surface area contributed by atoms with Gasteiger partial charge in [-0.1, -0.05) is 139 Å². The topological polar surface area (TPSA) is 0 Å². The second-order valence-electron chi connectivity index (χ2n) is 10.1. The Morgan fingerprint density at radius 1 is 0.389 bits per heavy atom. The van der Waals surface area contributed by atoms with Gasteiger partial charge in [0.15, 0.2) is 0 Å². The highest BCUT2D eigenvalue weighted by Gasteiger charge is 2.44. The van der Waals surface area contributed by atoms with Crippen LogP contribution < -0.4 is 28.3 Å². The summed E-state index contributed by atoms with van der Waals surface area (Å²) in [5, 5.41) is 4.56. The van der Waals surface area contributed by atoms with Gasteiger partial charge in [-0.3, -0.25) is 0 Å². The molecule has 0 aliphatic rings. The Kier molecular flexibility index (Phi) is 15.8. The predicted octanol–water partition coefficient (Wildman–Crippen LogP) is 6.47. The zero-order valence-electron chi connectivity index (χ0n) is 22.6. The van der Waals surface area contributed by atoms with Gasteiger partial charge in [0.25, 0.3) is 0 Å². The first kappa shape index (κ1) is 30.6. The van der Waals surface area contributed by atoms with Crippen molar-refractivity contribution in [1.29, 1.82) is 0 Å². The van der Waals surface area contributed by atoms with Crippen LogP contribution >= 0.6 is 7.26 Å². The van der Waals surface area contributed by atoms with Gasteiger partial charge >= 0.3 is 0 Å². The van der Waals surface area contributed by atoms with E-state index in [2.05, 4.69) is 97.9 Å². The van der Waals surface area contributed by atoms with Crippen LogP contribution in [0.15, 0.2) is 91.0 Å². The summed E-state index contributed by atoms with van der Waals surface area (Å²) in [7, 11) is -1.64. The largest absolute Gasteiger partial charge is 1.00 e. The first-order valence-corrected chi connectivity index (χ1v) is 16.4. The van der Waals surface area contributed by atoms with E-state index in [0.717, 1.165) is 0 Å². The van der Waals surface area contributed by atoms with Gasteiger partial charge in [-0.2, -0.15) is 0 Å². The number of hydrogen-bond acceptors (Lipinski definition) is 0. The third-order valence-electron chi connectivity index (χ3n) is 7.44. The zero-order valence-corrected chi connectivity index (χ0v) is 24.2. The molecule has 3 aromatic rings. The molecule has 0 atom stereocenters. The van der Waals surface area contributed by atoms with Crippen molar-refractivity contribution < 1.29 is 12.4 Å². The maximum atomic E-state index is 2.37. The molecule has 196 valence electrons. The molecule has 3 rings (SSSR count). The third-order valence-corrected chi connectivity index (χ3v) is 12.0. The van der Waals surface area contributed by atoms with Gasteiger partial charge in [-0.05, 0) is 49.2 Å². The van der Waals surface area contributed by atoms with Crippen LogP contribution in [-0.2, 0) is 0 Å². The van der Waals surface area contributed by atoms with E-state index < -0.39 is 7.26 Å². The Morgan fingerprint density at radius 3 is 0.972 bits per heavy atom. The molecule has 0 fully saturated rings. The lowest BCUT2D eigenvalue weighted by Gasteiger charge is -2.27. The Hall–Kier alpha value is -1.62. The average molecular weight is 523 g/mol. The molecule has 0 unspecified atom stereocenters. The van der Waals surface area contributed by atoms with Crippen molar-refractivity contribution in [3.8, 4) is 0 Å². The lowest BCUT2D eigenvalue weighted by molar-refractivity contribution is -0.00000718. The van der Waals surface area contributed by atoms with E-state index in [1.54, 1.807) is 0 Å². The molecular weight excluding hydrogens is 475 g/mol. The summed E-state index contributed by atoms with van der Waals surface area (Å²) in [6, 6.07) is 34.0. The molecule has 0 heterocycles. The zero-order chi connectivity index (χ0) is 24.4. The monoisotopic (exact) mass is 522 g/mol. The van der Waals surface area contributed by atoms with Crippen molar-refractivity contribution in [2.75, 3.05) is 6.16 Å². The van der Waals surface area contributed by atoms with Gasteiger partial charge in [-0.15, -0.1) is 0 Å². The summed E-state index contributed by atoms with van der Waals surface area (Å²) < 4.78 is 0. The van der Waals surface area contributed by atoms with Crippen LogP contribution in [0.4, 0.5) is 0 Å². The van der Waals surface area contributed by atoms with Gasteiger partial charge in [0.2, 0.25) is 0 Å². The molecular formula is C34H48ClP. The van der Waals surface area contributed by atoms with Crippen molar-refractivity contribution in [3.63, 3.8) is 0 Å². The first-order chi connectivity index (χ1) is 17.4. The summed E-state index contributed by atoms with van der Waals surface area (Å²) in [6.07, 6.45) is 21.0. The van der Waals surface area contributed by atoms with E-state index in [1.807, 2.05) is 0 Å². The number of hydrogen-bond donors (Lipinski definition) is 0. The van der Waals surface area contributed by atoms with E-state index in [1.165, 1.54) is 112 Å². The lowest BCUT2D eigenvalue weighted by Crippen LogP contribution is -3.00. The normalized spacial score (nSPS) is 11.2. The van der Waals surface area contributed by atoms with Crippen molar-refractivity contribution >= 4 is 23.2 Å². The van der Waals surface area contributed by atoms with Crippen LogP contribution in [-0.4, -0.2) is 6.16 Å². The van der Waals surface area contributed by atoms with Gasteiger partial charge < -0.3 is 12.4 Å². The van der Waals surface area contributed by atoms with Crippen LogP contribution in [0.5, 0.6) is 0 Å². The smallest absolute Gasteiger partial charge is 0.112 e. The molecule has 0 bridgehead atoms. The van der Waals surface area contributed by atoms with Gasteiger partial charge in [-0.25, -0.2) is 0 Å². The summed E-state index contributed by atoms with van der Waals surface area (Å²) in [5.41, 5.74) is 0. The lowest BCUT2D eigenvalue weighted by atomic mass is 10.0. The van der Waals surface area contributed by atoms with E-state index in [0.29, 0.717) is 0 Å². The minimum absolute atomic E-state index is 0. The summed E-state index contributed by atoms with van der Waals surface area (Å²) >= 11 is 0. The third kappa shape index (κ3) is 9.68. The van der Waals surface area contributed by atoms with Gasteiger partial charge in [0.05, 0.1) is 6.16 Å². The quantitative estimate of drug-likeness (QED) is 0.133. The maximum absolute atomic E-state index is 2.37. The fourth-order valence-electron chi connectivity index (χ4n) is 5.43. The molecule has 0 saturated heterocycles. The SMILES string of the molecule is CCCCCCCCCCCCCCCC[P+](c1ccccc1)(c1ccccc1)c1ccccc1.[Cl-]. The van der Waals surface area contributed by atoms with Crippen molar-refractivity contribution in [2.24, 2.45) is 0 Å². The van der Waals surface area contributed by atoms with Crippen molar-refractivity contribution in [2.45, 2.75) is 96.8 Å². The number of unbranched alkanes of at least 4 members (excludes halogenated alkanes) is 13. The molecule has 2 heteroatoms. The Labute approximate surface area is 229 Å². The highest BCUT2D eigenvalue weighted by molar-refractivity contribution is 7.95. The molecule has 0 nitrogen and oxygen atoms in total. The molecule has 0 aliphatic heterocycles. The van der Waals surface area contributed by atoms with Gasteiger partial charge in [0.1, 0.15) is 23.2 Å². The second kappa shape index (κ2) is 18.6. The van der Waals surface area contributed by atoms with E-state index >= 15 is 0 Å². The molecule has 0 amide bonds. The first-order valence-electron chi connectivity index (χ1n) is 14.4. The molecule has 0 aromatic heterocycles. The van der Waals surface area contributed by atoms with Crippen LogP contribution in [0.2, 0.25) is 0 Å². The molecule has 0 saturated carbocycles. The molecule has 0 spiro atoms. The molecule has 3 aromatic carbocycles. The van der Waals surface area contributed by atoms with Crippen LogP contribution in [0.1, 0.15) is 96.8 Å². The molecule has 0 aliphatic carbocycles. The van der Waals surface area contributed by atoms with Gasteiger partial charge in [0, 0.05) is 0 Å². The molecule has 36 heavy (non-hydrogen) atoms. The highest BCUT2D eigenvalue weighted by Crippen LogP contribution is 2.56. The summed E-state index contributed by atoms with van der Waals surface area (Å²) in [6.45, 7) is 2.30. The number of rotatable bonds is 18. The predicted molar refractivity (Wildman–Crippen MR) is 160 cm³/mol. The maximum Gasteiger partial charge on any atom is 0.112 e. The van der Waals surface area contributed by atoms with E-state index in [4.69, 9.17) is 0 Å². The summed E-state index contributed by atoms with van der Waals surface area (Å²) in [5.74, 6) is 0. The second-order valence-corrected chi connectivity index (χ2v) is 13.8. The number of benzene rings is 3. The van der Waals surface area contributed by atoms with E-state index in [9.17, 15) is 0 Å². The minimum atomic E-state index is -1.64. The van der Waals surface area contributed by atoms with Crippen molar-refractivity contribution in [3.05, 3.63) is 91.0 Å². The van der Waals surface area contributed by atoms with Crippen LogP contribution in [0.25, 0.3) is 0 Å². The van der Waals surface area contributed by atoms with E-state index in [-0.39, 0.29) is 12.4 Å². The highest BCUT2D eigenvalue weighted by atomic mass is 35.5. The summed E-state index contributed by atoms with van der Waals surface area (Å²) in [4.78, 5) is 0. The van der Waals surface area contributed by atoms with Crippen LogP contribution in [0.3, 0.4) is 0 Å². The standard InChI is InChI=1S/C34H48P.ClH/c1-2-3-4-5-6-7-8-9-10-11-12-13-14-24-31-35(32-25-18-15-19-26-32,33-27-20-16-21-28-33)34-29-22-17-23-30-34;/h15-23,25-30H,2-14,24,31H2,1H3;1H/q+1;/p-1. The minimum Gasteiger partial charge on any atom is -1.00 e. The fraction of sp³-hybridized carbons (Fsp3) is 0.471. The molecule has 0 N–H and O–H groups in total. The number of halogens is 1. The van der Waals surface area contributed by atoms with Crippen molar-refractivity contribution in [1.82, 2.24) is 0 Å². The fourth-order valence-corrected chi connectivity index (χ4v) is 9.84. The average Bonchev–Trinajstić information content (AvgIpc) is 2.93. The van der Waals surface area contributed by atoms with Crippen LogP contribution in [0, 0.1) is 0 Å². The Bertz CT molecular complexity index is 798. The molecule has 0 radical (unpaired) electrons. The Morgan fingerprint density at radius 2 is 0.667 bits per heavy atom. The Balaban J connectivity index is 0.00000456.